The van der Waals surface area contributed by atoms with Crippen molar-refractivity contribution in [2.45, 2.75) is 23.9 Å². The second-order valence-corrected chi connectivity index (χ2v) is 8.43. The third-order valence-corrected chi connectivity index (χ3v) is 6.30. The molecular formula is C17H18Cl2N2O2S. The van der Waals surface area contributed by atoms with Gasteiger partial charge in [0.25, 0.3) is 0 Å². The molecule has 1 atom stereocenters. The SMILES string of the molecule is O=S(=O)(NC1CCN(Cc2ccccc2)C1)c1ccc(Cl)c(Cl)c1. The highest BCUT2D eigenvalue weighted by atomic mass is 35.5. The van der Waals surface area contributed by atoms with Gasteiger partial charge in [-0.05, 0) is 30.2 Å². The molecule has 0 bridgehead atoms. The first-order valence-electron chi connectivity index (χ1n) is 7.68. The number of rotatable bonds is 5. The van der Waals surface area contributed by atoms with Gasteiger partial charge in [0.05, 0.1) is 14.9 Å². The number of hydrogen-bond donors (Lipinski definition) is 1. The van der Waals surface area contributed by atoms with E-state index in [-0.39, 0.29) is 16.0 Å². The first-order valence-corrected chi connectivity index (χ1v) is 9.91. The minimum absolute atomic E-state index is 0.104. The lowest BCUT2D eigenvalue weighted by atomic mass is 10.2. The average molecular weight is 385 g/mol. The lowest BCUT2D eigenvalue weighted by Crippen LogP contribution is -2.36. The Morgan fingerprint density at radius 3 is 2.54 bits per heavy atom. The molecule has 1 aliphatic heterocycles. The van der Waals surface area contributed by atoms with Gasteiger partial charge in [-0.1, -0.05) is 53.5 Å². The molecule has 4 nitrogen and oxygen atoms in total. The van der Waals surface area contributed by atoms with Crippen molar-refractivity contribution in [1.82, 2.24) is 9.62 Å². The van der Waals surface area contributed by atoms with Gasteiger partial charge in [0.15, 0.2) is 0 Å². The summed E-state index contributed by atoms with van der Waals surface area (Å²) in [7, 11) is -3.60. The monoisotopic (exact) mass is 384 g/mol. The van der Waals surface area contributed by atoms with Gasteiger partial charge in [-0.2, -0.15) is 0 Å². The van der Waals surface area contributed by atoms with Crippen LogP contribution in [0.25, 0.3) is 0 Å². The van der Waals surface area contributed by atoms with E-state index in [9.17, 15) is 8.42 Å². The normalized spacial score (nSPS) is 18.8. The van der Waals surface area contributed by atoms with Crippen molar-refractivity contribution < 1.29 is 8.42 Å². The van der Waals surface area contributed by atoms with Crippen LogP contribution in [0.2, 0.25) is 10.0 Å². The molecule has 0 spiro atoms. The highest BCUT2D eigenvalue weighted by Gasteiger charge is 2.27. The quantitative estimate of drug-likeness (QED) is 0.857. The summed E-state index contributed by atoms with van der Waals surface area (Å²) in [5.41, 5.74) is 1.23. The molecule has 2 aromatic rings. The minimum atomic E-state index is -3.60. The molecule has 7 heteroatoms. The third-order valence-electron chi connectivity index (χ3n) is 4.04. The van der Waals surface area contributed by atoms with Gasteiger partial charge in [-0.3, -0.25) is 4.90 Å². The van der Waals surface area contributed by atoms with E-state index in [0.717, 1.165) is 19.5 Å². The fourth-order valence-electron chi connectivity index (χ4n) is 2.85. The zero-order valence-corrected chi connectivity index (χ0v) is 15.3. The van der Waals surface area contributed by atoms with Gasteiger partial charge in [0.1, 0.15) is 0 Å². The van der Waals surface area contributed by atoms with Gasteiger partial charge >= 0.3 is 0 Å². The summed E-state index contributed by atoms with van der Waals surface area (Å²) < 4.78 is 27.7. The average Bonchev–Trinajstić information content (AvgIpc) is 2.97. The van der Waals surface area contributed by atoms with E-state index in [1.54, 1.807) is 0 Å². The summed E-state index contributed by atoms with van der Waals surface area (Å²) in [6, 6.07) is 14.4. The molecule has 0 saturated carbocycles. The molecule has 1 heterocycles. The summed E-state index contributed by atoms with van der Waals surface area (Å²) >= 11 is 11.8. The predicted octanol–water partition coefficient (Wildman–Crippen LogP) is 3.55. The van der Waals surface area contributed by atoms with E-state index in [2.05, 4.69) is 21.8 Å². The summed E-state index contributed by atoms with van der Waals surface area (Å²) in [6.45, 7) is 2.38. The molecule has 3 rings (SSSR count). The van der Waals surface area contributed by atoms with Crippen LogP contribution < -0.4 is 4.72 Å². The Bertz CT molecular complexity index is 813. The van der Waals surface area contributed by atoms with E-state index in [1.165, 1.54) is 23.8 Å². The van der Waals surface area contributed by atoms with Gasteiger partial charge < -0.3 is 0 Å². The summed E-state index contributed by atoms with van der Waals surface area (Å²) in [5, 5.41) is 0.571. The molecule has 0 aliphatic carbocycles. The van der Waals surface area contributed by atoms with Crippen LogP contribution in [0, 0.1) is 0 Å². The molecule has 1 fully saturated rings. The Morgan fingerprint density at radius 2 is 1.83 bits per heavy atom. The molecular weight excluding hydrogens is 367 g/mol. The topological polar surface area (TPSA) is 49.4 Å². The van der Waals surface area contributed by atoms with Crippen LogP contribution >= 0.6 is 23.2 Å². The van der Waals surface area contributed by atoms with Crippen LogP contribution in [0.15, 0.2) is 53.4 Å². The maximum absolute atomic E-state index is 12.5. The Morgan fingerprint density at radius 1 is 1.08 bits per heavy atom. The molecule has 24 heavy (non-hydrogen) atoms. The van der Waals surface area contributed by atoms with Gasteiger partial charge in [-0.25, -0.2) is 13.1 Å². The Kier molecular flexibility index (Phi) is 5.47. The van der Waals surface area contributed by atoms with Gasteiger partial charge in [0.2, 0.25) is 10.0 Å². The summed E-state index contributed by atoms with van der Waals surface area (Å²) in [4.78, 5) is 2.38. The van der Waals surface area contributed by atoms with Crippen LogP contribution in [-0.4, -0.2) is 32.4 Å². The standard InChI is InChI=1S/C17H18Cl2N2O2S/c18-16-7-6-15(10-17(16)19)24(22,23)20-14-8-9-21(12-14)11-13-4-2-1-3-5-13/h1-7,10,14,20H,8-9,11-12H2. The van der Waals surface area contributed by atoms with Gasteiger partial charge in [-0.15, -0.1) is 0 Å². The fraction of sp³-hybridized carbons (Fsp3) is 0.294. The first-order chi connectivity index (χ1) is 11.4. The second-order valence-electron chi connectivity index (χ2n) is 5.90. The molecule has 0 amide bonds. The first kappa shape index (κ1) is 17.7. The number of benzene rings is 2. The van der Waals surface area contributed by atoms with Crippen molar-refractivity contribution in [3.8, 4) is 0 Å². The summed E-state index contributed by atoms with van der Waals surface area (Å²) in [5.74, 6) is 0. The van der Waals surface area contributed by atoms with Crippen molar-refractivity contribution in [2.24, 2.45) is 0 Å². The van der Waals surface area contributed by atoms with E-state index in [1.807, 2.05) is 18.2 Å². The Balaban J connectivity index is 1.63. The zero-order chi connectivity index (χ0) is 17.2. The number of nitrogens with one attached hydrogen (secondary N) is 1. The van der Waals surface area contributed by atoms with Crippen LogP contribution in [0.5, 0.6) is 0 Å². The van der Waals surface area contributed by atoms with Crippen LogP contribution in [0.4, 0.5) is 0 Å². The zero-order valence-electron chi connectivity index (χ0n) is 13.0. The maximum Gasteiger partial charge on any atom is 0.240 e. The van der Waals surface area contributed by atoms with Gasteiger partial charge in [0, 0.05) is 25.7 Å². The van der Waals surface area contributed by atoms with Crippen LogP contribution in [-0.2, 0) is 16.6 Å². The number of likely N-dealkylation sites (tertiary alicyclic amines) is 1. The third kappa shape index (κ3) is 4.29. The molecule has 0 radical (unpaired) electrons. The number of nitrogens with zero attached hydrogens (tertiary/aromatic N) is 1. The predicted molar refractivity (Wildman–Crippen MR) is 96.9 cm³/mol. The largest absolute Gasteiger partial charge is 0.297 e. The molecule has 1 N–H and O–H groups in total. The lowest BCUT2D eigenvalue weighted by molar-refractivity contribution is 0.324. The maximum atomic E-state index is 12.5. The lowest BCUT2D eigenvalue weighted by Gasteiger charge is -2.17. The summed E-state index contributed by atoms with van der Waals surface area (Å²) in [6.07, 6.45) is 0.785. The van der Waals surface area contributed by atoms with Crippen molar-refractivity contribution in [1.29, 1.82) is 0 Å². The van der Waals surface area contributed by atoms with Crippen molar-refractivity contribution in [3.05, 3.63) is 64.1 Å². The van der Waals surface area contributed by atoms with Crippen molar-refractivity contribution in [3.63, 3.8) is 0 Å². The smallest absolute Gasteiger partial charge is 0.240 e. The second kappa shape index (κ2) is 7.42. The molecule has 2 aromatic carbocycles. The Labute approximate surface area is 152 Å². The molecule has 1 aliphatic rings. The number of halogens is 2. The molecule has 0 aromatic heterocycles. The molecule has 1 unspecified atom stereocenters. The van der Waals surface area contributed by atoms with Crippen molar-refractivity contribution >= 4 is 33.2 Å². The van der Waals surface area contributed by atoms with E-state index < -0.39 is 10.0 Å². The number of hydrogen-bond acceptors (Lipinski definition) is 3. The highest BCUT2D eigenvalue weighted by Crippen LogP contribution is 2.25. The van der Waals surface area contributed by atoms with E-state index in [4.69, 9.17) is 23.2 Å². The van der Waals surface area contributed by atoms with Crippen LogP contribution in [0.1, 0.15) is 12.0 Å². The minimum Gasteiger partial charge on any atom is -0.297 e. The fourth-order valence-corrected chi connectivity index (χ4v) is 4.50. The number of sulfonamides is 1. The van der Waals surface area contributed by atoms with E-state index in [0.29, 0.717) is 11.6 Å². The Hall–Kier alpha value is -1.11. The van der Waals surface area contributed by atoms with E-state index >= 15 is 0 Å². The molecule has 128 valence electrons. The van der Waals surface area contributed by atoms with Crippen molar-refractivity contribution in [2.75, 3.05) is 13.1 Å². The molecule has 1 saturated heterocycles. The van der Waals surface area contributed by atoms with Crippen LogP contribution in [0.3, 0.4) is 0 Å². The highest BCUT2D eigenvalue weighted by molar-refractivity contribution is 7.89.